The number of phenolic OH excluding ortho intramolecular Hbond substituents is 1. The number of likely N-dealkylation sites (N-methyl/N-ethyl adjacent to an activating group) is 1. The van der Waals surface area contributed by atoms with Crippen LogP contribution in [0.15, 0.2) is 18.2 Å². The van der Waals surface area contributed by atoms with Crippen LogP contribution in [-0.2, 0) is 4.79 Å². The molecule has 0 aromatic heterocycles. The summed E-state index contributed by atoms with van der Waals surface area (Å²) in [6.45, 7) is 4.01. The molecular weight excluding hydrogens is 238 g/mol. The Labute approximate surface area is 115 Å². The molecule has 0 aliphatic heterocycles. The highest BCUT2D eigenvalue weighted by molar-refractivity contribution is 5.83. The highest BCUT2D eigenvalue weighted by Crippen LogP contribution is 2.46. The summed E-state index contributed by atoms with van der Waals surface area (Å²) in [6, 6.07) is 5.78. The number of phenols is 1. The van der Waals surface area contributed by atoms with Crippen LogP contribution in [0.3, 0.4) is 0 Å². The molecule has 1 aliphatic rings. The van der Waals surface area contributed by atoms with Crippen LogP contribution >= 0.6 is 0 Å². The standard InChI is InChI=1S/C16H23NO2/c1-10(12-8-9-12)13-6-5-7-14(15(13)18)11(2)16(19)17(3)4/h5-7,10-12,18H,8-9H2,1-4H3. The Kier molecular flexibility index (Phi) is 3.83. The first kappa shape index (κ1) is 13.9. The van der Waals surface area contributed by atoms with Gasteiger partial charge in [-0.3, -0.25) is 4.79 Å². The van der Waals surface area contributed by atoms with Gasteiger partial charge in [0.05, 0.1) is 5.92 Å². The molecule has 3 nitrogen and oxygen atoms in total. The van der Waals surface area contributed by atoms with Gasteiger partial charge in [0.2, 0.25) is 5.91 Å². The summed E-state index contributed by atoms with van der Waals surface area (Å²) in [5.41, 5.74) is 1.72. The highest BCUT2D eigenvalue weighted by Gasteiger charge is 2.31. The lowest BCUT2D eigenvalue weighted by atomic mass is 9.89. The Bertz CT molecular complexity index is 478. The van der Waals surface area contributed by atoms with Gasteiger partial charge >= 0.3 is 0 Å². The molecule has 0 spiro atoms. The van der Waals surface area contributed by atoms with Crippen LogP contribution < -0.4 is 0 Å². The van der Waals surface area contributed by atoms with E-state index in [4.69, 9.17) is 0 Å². The Morgan fingerprint density at radius 2 is 1.84 bits per heavy atom. The first-order valence-electron chi connectivity index (χ1n) is 6.96. The van der Waals surface area contributed by atoms with Crippen LogP contribution in [0, 0.1) is 5.92 Å². The molecule has 1 amide bonds. The number of aromatic hydroxyl groups is 1. The maximum atomic E-state index is 12.0. The smallest absolute Gasteiger partial charge is 0.229 e. The molecule has 2 rings (SSSR count). The molecular formula is C16H23NO2. The van der Waals surface area contributed by atoms with Crippen molar-refractivity contribution < 1.29 is 9.90 Å². The van der Waals surface area contributed by atoms with Gasteiger partial charge in [-0.15, -0.1) is 0 Å². The number of amides is 1. The molecule has 2 unspecified atom stereocenters. The average Bonchev–Trinajstić information content (AvgIpc) is 3.20. The van der Waals surface area contributed by atoms with Crippen molar-refractivity contribution in [2.75, 3.05) is 14.1 Å². The fourth-order valence-electron chi connectivity index (χ4n) is 2.67. The van der Waals surface area contributed by atoms with Crippen LogP contribution in [0.4, 0.5) is 0 Å². The van der Waals surface area contributed by atoms with E-state index in [1.54, 1.807) is 19.0 Å². The summed E-state index contributed by atoms with van der Waals surface area (Å²) in [5.74, 6) is 1.10. The lowest BCUT2D eigenvalue weighted by molar-refractivity contribution is -0.129. The van der Waals surface area contributed by atoms with E-state index in [0.29, 0.717) is 17.6 Å². The zero-order valence-electron chi connectivity index (χ0n) is 12.2. The molecule has 2 atom stereocenters. The summed E-state index contributed by atoms with van der Waals surface area (Å²) in [5, 5.41) is 10.5. The van der Waals surface area contributed by atoms with E-state index in [2.05, 4.69) is 6.92 Å². The predicted octanol–water partition coefficient (Wildman–Crippen LogP) is 3.10. The number of hydrogen-bond acceptors (Lipinski definition) is 2. The predicted molar refractivity (Wildman–Crippen MR) is 76.4 cm³/mol. The summed E-state index contributed by atoms with van der Waals surface area (Å²) in [7, 11) is 3.49. The zero-order valence-corrected chi connectivity index (χ0v) is 12.2. The van der Waals surface area contributed by atoms with E-state index in [1.807, 2.05) is 25.1 Å². The van der Waals surface area contributed by atoms with Gasteiger partial charge in [-0.25, -0.2) is 0 Å². The lowest BCUT2D eigenvalue weighted by Crippen LogP contribution is -2.26. The third-order valence-corrected chi connectivity index (χ3v) is 4.20. The monoisotopic (exact) mass is 261 g/mol. The van der Waals surface area contributed by atoms with Crippen molar-refractivity contribution in [1.29, 1.82) is 0 Å². The van der Waals surface area contributed by atoms with Gasteiger partial charge in [0.15, 0.2) is 0 Å². The minimum absolute atomic E-state index is 0.0199. The van der Waals surface area contributed by atoms with Crippen LogP contribution in [-0.4, -0.2) is 30.0 Å². The normalized spacial score (nSPS) is 17.9. The second-order valence-electron chi connectivity index (χ2n) is 5.87. The van der Waals surface area contributed by atoms with E-state index in [1.165, 1.54) is 12.8 Å². The van der Waals surface area contributed by atoms with Crippen LogP contribution in [0.1, 0.15) is 49.7 Å². The Morgan fingerprint density at radius 1 is 1.26 bits per heavy atom. The summed E-state index contributed by atoms with van der Waals surface area (Å²) in [6.07, 6.45) is 2.49. The van der Waals surface area contributed by atoms with Gasteiger partial charge in [-0.05, 0) is 37.2 Å². The molecule has 1 aromatic rings. The molecule has 19 heavy (non-hydrogen) atoms. The van der Waals surface area contributed by atoms with Gasteiger partial charge < -0.3 is 10.0 Å². The van der Waals surface area contributed by atoms with Gasteiger partial charge in [0, 0.05) is 19.7 Å². The molecule has 1 saturated carbocycles. The SMILES string of the molecule is CC(C(=O)N(C)C)c1cccc(C(C)C2CC2)c1O. The lowest BCUT2D eigenvalue weighted by Gasteiger charge is -2.21. The van der Waals surface area contributed by atoms with Gasteiger partial charge in [-0.2, -0.15) is 0 Å². The van der Waals surface area contributed by atoms with Crippen LogP contribution in [0.5, 0.6) is 5.75 Å². The van der Waals surface area contributed by atoms with E-state index >= 15 is 0 Å². The molecule has 1 aliphatic carbocycles. The molecule has 1 aromatic carbocycles. The van der Waals surface area contributed by atoms with Crippen molar-refractivity contribution in [3.8, 4) is 5.75 Å². The van der Waals surface area contributed by atoms with Gasteiger partial charge in [0.25, 0.3) is 0 Å². The maximum absolute atomic E-state index is 12.0. The molecule has 1 N–H and O–H groups in total. The minimum atomic E-state index is -0.304. The maximum Gasteiger partial charge on any atom is 0.229 e. The second kappa shape index (κ2) is 5.24. The number of benzene rings is 1. The third-order valence-electron chi connectivity index (χ3n) is 4.20. The number of carbonyl (C=O) groups is 1. The number of rotatable bonds is 4. The fraction of sp³-hybridized carbons (Fsp3) is 0.562. The van der Waals surface area contributed by atoms with E-state index in [0.717, 1.165) is 11.1 Å². The van der Waals surface area contributed by atoms with Gasteiger partial charge in [0.1, 0.15) is 5.75 Å². The third kappa shape index (κ3) is 2.75. The minimum Gasteiger partial charge on any atom is -0.507 e. The van der Waals surface area contributed by atoms with E-state index < -0.39 is 0 Å². The molecule has 0 radical (unpaired) electrons. The Hall–Kier alpha value is -1.51. The van der Waals surface area contributed by atoms with Crippen molar-refractivity contribution in [3.63, 3.8) is 0 Å². The number of hydrogen-bond donors (Lipinski definition) is 1. The largest absolute Gasteiger partial charge is 0.507 e. The fourth-order valence-corrected chi connectivity index (χ4v) is 2.67. The van der Waals surface area contributed by atoms with Crippen LogP contribution in [0.25, 0.3) is 0 Å². The topological polar surface area (TPSA) is 40.5 Å². The highest BCUT2D eigenvalue weighted by atomic mass is 16.3. The van der Waals surface area contributed by atoms with E-state index in [9.17, 15) is 9.90 Å². The quantitative estimate of drug-likeness (QED) is 0.904. The second-order valence-corrected chi connectivity index (χ2v) is 5.87. The first-order valence-corrected chi connectivity index (χ1v) is 6.96. The molecule has 0 heterocycles. The molecule has 3 heteroatoms. The zero-order chi connectivity index (χ0) is 14.2. The summed E-state index contributed by atoms with van der Waals surface area (Å²) >= 11 is 0. The summed E-state index contributed by atoms with van der Waals surface area (Å²) in [4.78, 5) is 13.6. The molecule has 0 saturated heterocycles. The van der Waals surface area contributed by atoms with Crippen LogP contribution in [0.2, 0.25) is 0 Å². The molecule has 0 bridgehead atoms. The van der Waals surface area contributed by atoms with Gasteiger partial charge in [-0.1, -0.05) is 25.1 Å². The van der Waals surface area contributed by atoms with Crippen molar-refractivity contribution in [3.05, 3.63) is 29.3 Å². The summed E-state index contributed by atoms with van der Waals surface area (Å²) < 4.78 is 0. The first-order chi connectivity index (χ1) is 8.93. The number of para-hydroxylation sites is 1. The Balaban J connectivity index is 2.31. The molecule has 1 fully saturated rings. The van der Waals surface area contributed by atoms with Crippen molar-refractivity contribution in [2.45, 2.75) is 38.5 Å². The number of nitrogens with zero attached hydrogens (tertiary/aromatic N) is 1. The van der Waals surface area contributed by atoms with Crippen molar-refractivity contribution >= 4 is 5.91 Å². The van der Waals surface area contributed by atoms with E-state index in [-0.39, 0.29) is 11.8 Å². The van der Waals surface area contributed by atoms with Crippen molar-refractivity contribution in [1.82, 2.24) is 4.90 Å². The Morgan fingerprint density at radius 3 is 2.37 bits per heavy atom. The molecule has 104 valence electrons. The van der Waals surface area contributed by atoms with Crippen molar-refractivity contribution in [2.24, 2.45) is 5.92 Å². The number of carbonyl (C=O) groups excluding carboxylic acids is 1. The average molecular weight is 261 g/mol.